The van der Waals surface area contributed by atoms with E-state index < -0.39 is 0 Å². The quantitative estimate of drug-likeness (QED) is 0.871. The van der Waals surface area contributed by atoms with Crippen LogP contribution in [0.4, 0.5) is 5.69 Å². The highest BCUT2D eigenvalue weighted by atomic mass is 79.9. The van der Waals surface area contributed by atoms with Crippen LogP contribution >= 0.6 is 15.9 Å². The Labute approximate surface area is 123 Å². The van der Waals surface area contributed by atoms with Crippen LogP contribution < -0.4 is 5.69 Å². The Morgan fingerprint density at radius 3 is 2.70 bits per heavy atom. The van der Waals surface area contributed by atoms with E-state index in [0.717, 1.165) is 21.3 Å². The minimum atomic E-state index is -0.264. The highest BCUT2D eigenvalue weighted by molar-refractivity contribution is 9.10. The number of fused-ring (bicyclic) bond motifs is 1. The summed E-state index contributed by atoms with van der Waals surface area (Å²) in [6.07, 6.45) is 3.49. The minimum Gasteiger partial charge on any atom is -0.493 e. The first-order valence-electron chi connectivity index (χ1n) is 5.99. The van der Waals surface area contributed by atoms with Crippen LogP contribution in [0.3, 0.4) is 0 Å². The van der Waals surface area contributed by atoms with Gasteiger partial charge in [0.15, 0.2) is 0 Å². The second kappa shape index (κ2) is 4.49. The zero-order chi connectivity index (χ0) is 14.4. The molecule has 0 saturated carbocycles. The molecule has 0 aliphatic carbocycles. The first-order valence-corrected chi connectivity index (χ1v) is 6.78. The highest BCUT2D eigenvalue weighted by Crippen LogP contribution is 2.35. The Bertz CT molecular complexity index is 828. The molecule has 1 aliphatic heterocycles. The van der Waals surface area contributed by atoms with E-state index in [2.05, 4.69) is 20.9 Å². The summed E-state index contributed by atoms with van der Waals surface area (Å²) in [6, 6.07) is 5.82. The molecular weight excluding hydrogens is 322 g/mol. The number of benzene rings is 1. The van der Waals surface area contributed by atoms with Crippen LogP contribution in [0.2, 0.25) is 0 Å². The lowest BCUT2D eigenvalue weighted by molar-refractivity contribution is 0.428. The number of aromatic hydroxyl groups is 1. The summed E-state index contributed by atoms with van der Waals surface area (Å²) in [6.45, 7) is 0. The molecule has 3 rings (SSSR count). The predicted octanol–water partition coefficient (Wildman–Crippen LogP) is 2.45. The van der Waals surface area contributed by atoms with Crippen molar-refractivity contribution in [1.82, 2.24) is 9.13 Å². The molecule has 0 spiro atoms. The number of aromatic nitrogens is 2. The van der Waals surface area contributed by atoms with E-state index in [1.54, 1.807) is 19.3 Å². The van der Waals surface area contributed by atoms with Gasteiger partial charge in [0.1, 0.15) is 5.69 Å². The van der Waals surface area contributed by atoms with Crippen molar-refractivity contribution in [3.05, 3.63) is 44.4 Å². The standard InChI is InChI=1S/C14H12BrN3O2/c1-17-12(13(19)18(2)14(17)20)5-8-7-16-11-6-9(15)3-4-10(8)11/h3-7,19H,1-2H3. The number of aliphatic imine (C=N–C) groups is 1. The summed E-state index contributed by atoms with van der Waals surface area (Å²) >= 11 is 3.41. The van der Waals surface area contributed by atoms with Crippen LogP contribution in [-0.4, -0.2) is 20.5 Å². The van der Waals surface area contributed by atoms with Gasteiger partial charge in [0, 0.05) is 35.9 Å². The average Bonchev–Trinajstić information content (AvgIpc) is 2.90. The molecule has 0 unspecified atom stereocenters. The normalized spacial score (nSPS) is 15.1. The number of hydrogen-bond acceptors (Lipinski definition) is 3. The topological polar surface area (TPSA) is 59.5 Å². The van der Waals surface area contributed by atoms with Crippen molar-refractivity contribution in [2.24, 2.45) is 19.1 Å². The third-order valence-corrected chi connectivity index (χ3v) is 3.88. The third kappa shape index (κ3) is 1.84. The van der Waals surface area contributed by atoms with Crippen molar-refractivity contribution < 1.29 is 5.11 Å². The molecule has 0 saturated heterocycles. The van der Waals surface area contributed by atoms with Crippen LogP contribution in [0, 0.1) is 0 Å². The molecule has 0 radical (unpaired) electrons. The lowest BCUT2D eigenvalue weighted by atomic mass is 10.1. The summed E-state index contributed by atoms with van der Waals surface area (Å²) in [7, 11) is 3.16. The molecule has 2 heterocycles. The van der Waals surface area contributed by atoms with Crippen molar-refractivity contribution in [1.29, 1.82) is 0 Å². The van der Waals surface area contributed by atoms with Crippen LogP contribution in [0.25, 0.3) is 11.6 Å². The van der Waals surface area contributed by atoms with E-state index in [1.165, 1.54) is 16.2 Å². The van der Waals surface area contributed by atoms with Crippen LogP contribution in [0.15, 0.2) is 32.5 Å². The maximum absolute atomic E-state index is 11.8. The van der Waals surface area contributed by atoms with Gasteiger partial charge in [-0.3, -0.25) is 14.1 Å². The predicted molar refractivity (Wildman–Crippen MR) is 82.5 cm³/mol. The van der Waals surface area contributed by atoms with Crippen molar-refractivity contribution in [3.8, 4) is 5.88 Å². The molecule has 1 N–H and O–H groups in total. The number of nitrogens with zero attached hydrogens (tertiary/aromatic N) is 3. The van der Waals surface area contributed by atoms with E-state index in [-0.39, 0.29) is 11.6 Å². The molecular formula is C14H12BrN3O2. The maximum atomic E-state index is 11.8. The Balaban J connectivity index is 2.16. The van der Waals surface area contributed by atoms with Gasteiger partial charge in [-0.1, -0.05) is 22.0 Å². The monoisotopic (exact) mass is 333 g/mol. The van der Waals surface area contributed by atoms with Gasteiger partial charge >= 0.3 is 5.69 Å². The summed E-state index contributed by atoms with van der Waals surface area (Å²) in [4.78, 5) is 16.1. The van der Waals surface area contributed by atoms with Crippen LogP contribution in [-0.2, 0) is 14.1 Å². The number of imidazole rings is 1. The van der Waals surface area contributed by atoms with Crippen molar-refractivity contribution in [2.75, 3.05) is 0 Å². The zero-order valence-corrected chi connectivity index (χ0v) is 12.5. The molecule has 1 aromatic heterocycles. The van der Waals surface area contributed by atoms with Gasteiger partial charge in [-0.15, -0.1) is 0 Å². The van der Waals surface area contributed by atoms with Gasteiger partial charge in [0.2, 0.25) is 5.88 Å². The average molecular weight is 334 g/mol. The molecule has 0 fully saturated rings. The summed E-state index contributed by atoms with van der Waals surface area (Å²) < 4.78 is 3.58. The molecule has 0 bridgehead atoms. The number of allylic oxidation sites excluding steroid dienone is 1. The van der Waals surface area contributed by atoms with Crippen LogP contribution in [0.1, 0.15) is 11.3 Å². The molecule has 0 atom stereocenters. The fraction of sp³-hybridized carbons (Fsp3) is 0.143. The summed E-state index contributed by atoms with van der Waals surface area (Å²) in [5.74, 6) is -0.0519. The van der Waals surface area contributed by atoms with E-state index >= 15 is 0 Å². The fourth-order valence-electron chi connectivity index (χ4n) is 2.23. The zero-order valence-electron chi connectivity index (χ0n) is 11.0. The second-order valence-electron chi connectivity index (χ2n) is 4.63. The van der Waals surface area contributed by atoms with Gasteiger partial charge in [-0.25, -0.2) is 4.79 Å². The van der Waals surface area contributed by atoms with Crippen molar-refractivity contribution in [2.45, 2.75) is 0 Å². The van der Waals surface area contributed by atoms with Crippen molar-refractivity contribution >= 4 is 39.5 Å². The Morgan fingerprint density at radius 2 is 2.05 bits per heavy atom. The van der Waals surface area contributed by atoms with Crippen LogP contribution in [0.5, 0.6) is 5.88 Å². The van der Waals surface area contributed by atoms with Gasteiger partial charge in [0.25, 0.3) is 0 Å². The lowest BCUT2D eigenvalue weighted by Gasteiger charge is -2.01. The van der Waals surface area contributed by atoms with E-state index in [9.17, 15) is 9.90 Å². The van der Waals surface area contributed by atoms with Gasteiger partial charge < -0.3 is 5.11 Å². The first kappa shape index (κ1) is 12.9. The molecule has 102 valence electrons. The van der Waals surface area contributed by atoms with E-state index in [4.69, 9.17) is 0 Å². The number of halogens is 1. The highest BCUT2D eigenvalue weighted by Gasteiger charge is 2.17. The van der Waals surface area contributed by atoms with Gasteiger partial charge in [-0.05, 0) is 18.2 Å². The molecule has 2 aromatic rings. The molecule has 0 amide bonds. The first-order chi connectivity index (χ1) is 9.49. The number of rotatable bonds is 1. The molecule has 5 nitrogen and oxygen atoms in total. The molecule has 6 heteroatoms. The molecule has 20 heavy (non-hydrogen) atoms. The van der Waals surface area contributed by atoms with Crippen molar-refractivity contribution in [3.63, 3.8) is 0 Å². The fourth-order valence-corrected chi connectivity index (χ4v) is 2.58. The number of hydrogen-bond donors (Lipinski definition) is 1. The lowest BCUT2D eigenvalue weighted by Crippen LogP contribution is -2.19. The Morgan fingerprint density at radius 1 is 1.30 bits per heavy atom. The second-order valence-corrected chi connectivity index (χ2v) is 5.54. The SMILES string of the molecule is Cn1c(O)c(C=C2C=Nc3cc(Br)ccc32)n(C)c1=O. The third-order valence-electron chi connectivity index (χ3n) is 3.39. The maximum Gasteiger partial charge on any atom is 0.330 e. The Kier molecular flexibility index (Phi) is 2.90. The smallest absolute Gasteiger partial charge is 0.330 e. The molecule has 1 aliphatic rings. The molecule has 1 aromatic carbocycles. The summed E-state index contributed by atoms with van der Waals surface area (Å²) in [5.41, 5.74) is 2.91. The van der Waals surface area contributed by atoms with Gasteiger partial charge in [-0.2, -0.15) is 0 Å². The summed E-state index contributed by atoms with van der Waals surface area (Å²) in [5, 5.41) is 10.00. The van der Waals surface area contributed by atoms with E-state index in [0.29, 0.717) is 5.69 Å². The Hall–Kier alpha value is -2.08. The largest absolute Gasteiger partial charge is 0.493 e. The van der Waals surface area contributed by atoms with E-state index in [1.807, 2.05) is 18.2 Å². The van der Waals surface area contributed by atoms with Gasteiger partial charge in [0.05, 0.1) is 5.69 Å². The minimum absolute atomic E-state index is 0.0519.